The minimum Gasteiger partial charge on any atom is -0.494 e. The number of rotatable bonds is 9. The lowest BCUT2D eigenvalue weighted by Crippen LogP contribution is -2.42. The van der Waals surface area contributed by atoms with Gasteiger partial charge >= 0.3 is 0 Å². The normalized spacial score (nSPS) is 12.0. The van der Waals surface area contributed by atoms with Crippen LogP contribution >= 0.6 is 0 Å². The highest BCUT2D eigenvalue weighted by Gasteiger charge is 2.13. The molecular weight excluding hydrogens is 264 g/mol. The molecular formula is C17H28N2O2. The van der Waals surface area contributed by atoms with Crippen LogP contribution in [-0.4, -0.2) is 44.1 Å². The van der Waals surface area contributed by atoms with Crippen LogP contribution in [0.5, 0.6) is 5.75 Å². The van der Waals surface area contributed by atoms with Gasteiger partial charge in [-0.3, -0.25) is 4.79 Å². The predicted octanol–water partition coefficient (Wildman–Crippen LogP) is 2.47. The van der Waals surface area contributed by atoms with Crippen LogP contribution in [0.4, 0.5) is 0 Å². The van der Waals surface area contributed by atoms with E-state index in [4.69, 9.17) is 4.74 Å². The molecule has 4 nitrogen and oxygen atoms in total. The Bertz CT molecular complexity index is 433. The summed E-state index contributed by atoms with van der Waals surface area (Å²) in [6.45, 7) is 5.60. The van der Waals surface area contributed by atoms with Gasteiger partial charge in [-0.15, -0.1) is 0 Å². The Hall–Kier alpha value is -1.55. The van der Waals surface area contributed by atoms with Crippen LogP contribution in [0.3, 0.4) is 0 Å². The van der Waals surface area contributed by atoms with E-state index in [-0.39, 0.29) is 11.9 Å². The average Bonchev–Trinajstić information content (AvgIpc) is 2.47. The van der Waals surface area contributed by atoms with Crippen molar-refractivity contribution in [3.8, 4) is 5.75 Å². The number of amides is 1. The molecule has 4 heteroatoms. The molecule has 1 atom stereocenters. The first kappa shape index (κ1) is 17.5. The lowest BCUT2D eigenvalue weighted by atomic mass is 10.1. The van der Waals surface area contributed by atoms with Crippen LogP contribution in [0.2, 0.25) is 0 Å². The zero-order chi connectivity index (χ0) is 15.7. The quantitative estimate of drug-likeness (QED) is 0.711. The number of likely N-dealkylation sites (N-methyl/N-ethyl adjacent to an activating group) is 1. The van der Waals surface area contributed by atoms with Gasteiger partial charge in [0.25, 0.3) is 0 Å². The van der Waals surface area contributed by atoms with Crippen molar-refractivity contribution >= 4 is 5.91 Å². The van der Waals surface area contributed by atoms with E-state index in [0.29, 0.717) is 0 Å². The molecule has 118 valence electrons. The molecule has 0 bridgehead atoms. The van der Waals surface area contributed by atoms with E-state index in [1.54, 1.807) is 19.0 Å². The van der Waals surface area contributed by atoms with Gasteiger partial charge in [-0.2, -0.15) is 0 Å². The fraction of sp³-hybridized carbons (Fsp3) is 0.588. The van der Waals surface area contributed by atoms with E-state index < -0.39 is 0 Å². The van der Waals surface area contributed by atoms with E-state index in [9.17, 15) is 4.79 Å². The second kappa shape index (κ2) is 9.40. The number of nitrogens with zero attached hydrogens (tertiary/aromatic N) is 1. The van der Waals surface area contributed by atoms with Crippen molar-refractivity contribution in [3.05, 3.63) is 29.8 Å². The van der Waals surface area contributed by atoms with Crippen LogP contribution in [0.25, 0.3) is 0 Å². The Kier molecular flexibility index (Phi) is 7.83. The van der Waals surface area contributed by atoms with Crippen LogP contribution in [-0.2, 0) is 11.2 Å². The molecule has 0 unspecified atom stereocenters. The summed E-state index contributed by atoms with van der Waals surface area (Å²) in [5, 5.41) is 3.25. The molecule has 0 aromatic heterocycles. The second-order valence-corrected chi connectivity index (χ2v) is 5.51. The maximum Gasteiger partial charge on any atom is 0.238 e. The van der Waals surface area contributed by atoms with Gasteiger partial charge in [0.15, 0.2) is 0 Å². The van der Waals surface area contributed by atoms with Gasteiger partial charge in [-0.1, -0.05) is 25.5 Å². The SMILES string of the molecule is CCCCOc1cccc(CCN[C@H](C)C(=O)N(C)C)c1. The van der Waals surface area contributed by atoms with Gasteiger partial charge in [-0.25, -0.2) is 0 Å². The number of carbonyl (C=O) groups is 1. The third-order valence-corrected chi connectivity index (χ3v) is 3.34. The molecule has 1 rings (SSSR count). The highest BCUT2D eigenvalue weighted by molar-refractivity contribution is 5.80. The monoisotopic (exact) mass is 292 g/mol. The van der Waals surface area contributed by atoms with Gasteiger partial charge in [0.2, 0.25) is 5.91 Å². The molecule has 0 aliphatic carbocycles. The summed E-state index contributed by atoms with van der Waals surface area (Å²) in [6, 6.07) is 8.03. The summed E-state index contributed by atoms with van der Waals surface area (Å²) in [4.78, 5) is 13.3. The molecule has 0 saturated carbocycles. The maximum atomic E-state index is 11.7. The van der Waals surface area contributed by atoms with Gasteiger partial charge in [0.1, 0.15) is 5.75 Å². The Balaban J connectivity index is 2.38. The number of unbranched alkanes of at least 4 members (excludes halogenated alkanes) is 1. The van der Waals surface area contributed by atoms with Crippen molar-refractivity contribution in [2.45, 2.75) is 39.2 Å². The molecule has 21 heavy (non-hydrogen) atoms. The van der Waals surface area contributed by atoms with Crippen molar-refractivity contribution in [2.24, 2.45) is 0 Å². The lowest BCUT2D eigenvalue weighted by Gasteiger charge is -2.18. The van der Waals surface area contributed by atoms with Crippen LogP contribution < -0.4 is 10.1 Å². The summed E-state index contributed by atoms with van der Waals surface area (Å²) in [5.41, 5.74) is 1.22. The zero-order valence-corrected chi connectivity index (χ0v) is 13.7. The van der Waals surface area contributed by atoms with Crippen molar-refractivity contribution in [2.75, 3.05) is 27.2 Å². The summed E-state index contributed by atoms with van der Waals surface area (Å²) in [5.74, 6) is 1.03. The van der Waals surface area contributed by atoms with Crippen molar-refractivity contribution in [1.29, 1.82) is 0 Å². The number of ether oxygens (including phenoxy) is 1. The third-order valence-electron chi connectivity index (χ3n) is 3.34. The summed E-state index contributed by atoms with van der Waals surface area (Å²) in [7, 11) is 3.55. The zero-order valence-electron chi connectivity index (χ0n) is 13.7. The Morgan fingerprint density at radius 2 is 2.14 bits per heavy atom. The topological polar surface area (TPSA) is 41.6 Å². The molecule has 0 aliphatic heterocycles. The number of carbonyl (C=O) groups excluding carboxylic acids is 1. The number of nitrogens with one attached hydrogen (secondary N) is 1. The first-order valence-corrected chi connectivity index (χ1v) is 7.71. The molecule has 1 amide bonds. The van der Waals surface area contributed by atoms with Crippen LogP contribution in [0, 0.1) is 0 Å². The van der Waals surface area contributed by atoms with Gasteiger partial charge in [-0.05, 0) is 44.0 Å². The molecule has 0 radical (unpaired) electrons. The second-order valence-electron chi connectivity index (χ2n) is 5.51. The van der Waals surface area contributed by atoms with Gasteiger partial charge in [0.05, 0.1) is 12.6 Å². The number of benzene rings is 1. The van der Waals surface area contributed by atoms with E-state index >= 15 is 0 Å². The van der Waals surface area contributed by atoms with Gasteiger partial charge in [0, 0.05) is 14.1 Å². The average molecular weight is 292 g/mol. The number of hydrogen-bond acceptors (Lipinski definition) is 3. The smallest absolute Gasteiger partial charge is 0.238 e. The molecule has 0 aliphatic rings. The van der Waals surface area contributed by atoms with Crippen molar-refractivity contribution < 1.29 is 9.53 Å². The fourth-order valence-corrected chi connectivity index (χ4v) is 2.03. The Labute approximate surface area is 128 Å². The lowest BCUT2D eigenvalue weighted by molar-refractivity contribution is -0.130. The maximum absolute atomic E-state index is 11.7. The fourth-order valence-electron chi connectivity index (χ4n) is 2.03. The Morgan fingerprint density at radius 3 is 2.81 bits per heavy atom. The summed E-state index contributed by atoms with van der Waals surface area (Å²) in [6.07, 6.45) is 3.10. The van der Waals surface area contributed by atoms with E-state index in [1.165, 1.54) is 5.56 Å². The van der Waals surface area contributed by atoms with E-state index in [0.717, 1.165) is 38.2 Å². The minimum absolute atomic E-state index is 0.103. The summed E-state index contributed by atoms with van der Waals surface area (Å²) < 4.78 is 5.70. The highest BCUT2D eigenvalue weighted by Crippen LogP contribution is 2.14. The molecule has 0 spiro atoms. The first-order chi connectivity index (χ1) is 10.0. The molecule has 0 fully saturated rings. The molecule has 0 saturated heterocycles. The van der Waals surface area contributed by atoms with Gasteiger partial charge < -0.3 is 15.0 Å². The highest BCUT2D eigenvalue weighted by atomic mass is 16.5. The van der Waals surface area contributed by atoms with Crippen LogP contribution in [0.15, 0.2) is 24.3 Å². The van der Waals surface area contributed by atoms with E-state index in [1.807, 2.05) is 19.1 Å². The largest absolute Gasteiger partial charge is 0.494 e. The standard InChI is InChI=1S/C17H28N2O2/c1-5-6-12-21-16-9-7-8-15(13-16)10-11-18-14(2)17(20)19(3)4/h7-9,13-14,18H,5-6,10-12H2,1-4H3/t14-/m1/s1. The number of hydrogen-bond donors (Lipinski definition) is 1. The molecule has 1 aromatic rings. The molecule has 1 aromatic carbocycles. The minimum atomic E-state index is -0.149. The Morgan fingerprint density at radius 1 is 1.38 bits per heavy atom. The van der Waals surface area contributed by atoms with Crippen molar-refractivity contribution in [3.63, 3.8) is 0 Å². The van der Waals surface area contributed by atoms with E-state index in [2.05, 4.69) is 24.4 Å². The van der Waals surface area contributed by atoms with Crippen LogP contribution in [0.1, 0.15) is 32.3 Å². The molecule has 0 heterocycles. The first-order valence-electron chi connectivity index (χ1n) is 7.71. The predicted molar refractivity (Wildman–Crippen MR) is 86.7 cm³/mol. The molecule has 1 N–H and O–H groups in total. The third kappa shape index (κ3) is 6.63. The van der Waals surface area contributed by atoms with Crippen molar-refractivity contribution in [1.82, 2.24) is 10.2 Å². The summed E-state index contributed by atoms with van der Waals surface area (Å²) >= 11 is 0.